The van der Waals surface area contributed by atoms with Crippen molar-refractivity contribution in [3.8, 4) is 11.5 Å². The molecule has 0 spiro atoms. The first-order valence-corrected chi connectivity index (χ1v) is 9.93. The third kappa shape index (κ3) is 3.81. The molecule has 0 bridgehead atoms. The first kappa shape index (κ1) is 18.7. The van der Waals surface area contributed by atoms with Crippen LogP contribution in [0, 0.1) is 5.41 Å². The molecule has 28 heavy (non-hydrogen) atoms. The van der Waals surface area contributed by atoms with E-state index in [0.717, 1.165) is 49.7 Å². The predicted octanol–water partition coefficient (Wildman–Crippen LogP) is 3.81. The van der Waals surface area contributed by atoms with Crippen LogP contribution in [0.4, 0.5) is 0 Å². The molecular formula is C22H27N3O3. The van der Waals surface area contributed by atoms with E-state index in [0.29, 0.717) is 5.56 Å². The molecule has 0 unspecified atom stereocenters. The van der Waals surface area contributed by atoms with Crippen LogP contribution in [-0.2, 0) is 6.42 Å². The van der Waals surface area contributed by atoms with Gasteiger partial charge in [-0.05, 0) is 42.4 Å². The summed E-state index contributed by atoms with van der Waals surface area (Å²) >= 11 is 0. The lowest BCUT2D eigenvalue weighted by Crippen LogP contribution is -2.45. The van der Waals surface area contributed by atoms with Crippen LogP contribution >= 0.6 is 0 Å². The van der Waals surface area contributed by atoms with E-state index in [2.05, 4.69) is 29.0 Å². The molecule has 6 nitrogen and oxygen atoms in total. The number of amides is 1. The number of carbonyl (C=O) groups is 1. The van der Waals surface area contributed by atoms with Gasteiger partial charge in [0.1, 0.15) is 5.82 Å². The summed E-state index contributed by atoms with van der Waals surface area (Å²) < 4.78 is 10.9. The van der Waals surface area contributed by atoms with E-state index in [1.165, 1.54) is 5.56 Å². The second-order valence-corrected chi connectivity index (χ2v) is 8.49. The average molecular weight is 381 g/mol. The number of hydrogen-bond donors (Lipinski definition) is 0. The molecule has 0 saturated carbocycles. The highest BCUT2D eigenvalue weighted by molar-refractivity contribution is 5.93. The number of aromatic nitrogens is 2. The van der Waals surface area contributed by atoms with Crippen molar-refractivity contribution in [2.24, 2.45) is 5.41 Å². The maximum atomic E-state index is 13.0. The maximum absolute atomic E-state index is 13.0. The Balaban J connectivity index is 1.46. The van der Waals surface area contributed by atoms with Crippen LogP contribution < -0.4 is 9.47 Å². The van der Waals surface area contributed by atoms with Crippen LogP contribution in [-0.4, -0.2) is 40.7 Å². The highest BCUT2D eigenvalue weighted by atomic mass is 16.7. The topological polar surface area (TPSA) is 64.6 Å². The van der Waals surface area contributed by atoms with Crippen molar-refractivity contribution in [3.05, 3.63) is 47.5 Å². The van der Waals surface area contributed by atoms with Crippen LogP contribution in [0.15, 0.2) is 30.6 Å². The van der Waals surface area contributed by atoms with Gasteiger partial charge >= 0.3 is 0 Å². The molecular weight excluding hydrogens is 354 g/mol. The molecule has 1 fully saturated rings. The Morgan fingerprint density at radius 2 is 1.96 bits per heavy atom. The van der Waals surface area contributed by atoms with E-state index in [1.807, 2.05) is 24.8 Å². The van der Waals surface area contributed by atoms with Gasteiger partial charge in [-0.25, -0.2) is 9.97 Å². The molecule has 0 aliphatic carbocycles. The summed E-state index contributed by atoms with van der Waals surface area (Å²) in [5.41, 5.74) is 1.81. The first-order valence-electron chi connectivity index (χ1n) is 9.93. The largest absolute Gasteiger partial charge is 0.454 e. The molecule has 0 radical (unpaired) electrons. The molecule has 1 amide bonds. The van der Waals surface area contributed by atoms with Gasteiger partial charge in [0.25, 0.3) is 5.91 Å². The summed E-state index contributed by atoms with van der Waals surface area (Å²) in [6.45, 7) is 8.14. The Bertz CT molecular complexity index is 866. The standard InChI is InChI=1S/C22H27N3O3/c1-15(2)20-23-11-17(12-24-20)21(26)25-8-4-7-22(3,13-25)10-16-5-6-18-19(9-16)28-14-27-18/h5-6,9,11-12,15H,4,7-8,10,13-14H2,1-3H3/t22-/m1/s1. The summed E-state index contributed by atoms with van der Waals surface area (Å²) in [4.78, 5) is 23.6. The monoisotopic (exact) mass is 381 g/mol. The molecule has 2 aliphatic rings. The fourth-order valence-corrected chi connectivity index (χ4v) is 4.11. The average Bonchev–Trinajstić information content (AvgIpc) is 3.15. The van der Waals surface area contributed by atoms with Crippen molar-refractivity contribution in [2.75, 3.05) is 19.9 Å². The minimum atomic E-state index is 0.0203. The van der Waals surface area contributed by atoms with E-state index in [4.69, 9.17) is 9.47 Å². The second-order valence-electron chi connectivity index (χ2n) is 8.49. The highest BCUT2D eigenvalue weighted by Crippen LogP contribution is 2.37. The van der Waals surface area contributed by atoms with Gasteiger partial charge in [-0.15, -0.1) is 0 Å². The third-order valence-electron chi connectivity index (χ3n) is 5.57. The molecule has 2 aromatic rings. The number of hydrogen-bond acceptors (Lipinski definition) is 5. The fourth-order valence-electron chi connectivity index (χ4n) is 4.11. The lowest BCUT2D eigenvalue weighted by molar-refractivity contribution is 0.0549. The minimum Gasteiger partial charge on any atom is -0.454 e. The zero-order chi connectivity index (χ0) is 19.7. The lowest BCUT2D eigenvalue weighted by Gasteiger charge is -2.40. The van der Waals surface area contributed by atoms with Gasteiger partial charge in [-0.1, -0.05) is 26.8 Å². The SMILES string of the molecule is CC(C)c1ncc(C(=O)N2CCC[C@](C)(Cc3ccc4c(c3)OCO4)C2)cn1. The Hall–Kier alpha value is -2.63. The van der Waals surface area contributed by atoms with E-state index in [-0.39, 0.29) is 24.0 Å². The van der Waals surface area contributed by atoms with Gasteiger partial charge in [-0.2, -0.15) is 0 Å². The van der Waals surface area contributed by atoms with Crippen LogP contribution in [0.25, 0.3) is 0 Å². The van der Waals surface area contributed by atoms with E-state index in [1.54, 1.807) is 12.4 Å². The van der Waals surface area contributed by atoms with Crippen molar-refractivity contribution in [1.82, 2.24) is 14.9 Å². The second kappa shape index (κ2) is 7.41. The minimum absolute atomic E-state index is 0.0203. The normalized spacial score (nSPS) is 21.2. The smallest absolute Gasteiger partial charge is 0.257 e. The zero-order valence-corrected chi connectivity index (χ0v) is 16.8. The number of ether oxygens (including phenoxy) is 2. The van der Waals surface area contributed by atoms with Gasteiger partial charge in [0.15, 0.2) is 11.5 Å². The summed E-state index contributed by atoms with van der Waals surface area (Å²) in [6.07, 6.45) is 6.31. The summed E-state index contributed by atoms with van der Waals surface area (Å²) in [7, 11) is 0. The number of fused-ring (bicyclic) bond motifs is 1. The Kier molecular flexibility index (Phi) is 4.96. The van der Waals surface area contributed by atoms with E-state index >= 15 is 0 Å². The molecule has 148 valence electrons. The molecule has 0 N–H and O–H groups in total. The van der Waals surface area contributed by atoms with Gasteiger partial charge in [0, 0.05) is 31.4 Å². The summed E-state index contributed by atoms with van der Waals surface area (Å²) in [5, 5.41) is 0. The zero-order valence-electron chi connectivity index (χ0n) is 16.8. The van der Waals surface area contributed by atoms with Gasteiger partial charge in [0.2, 0.25) is 6.79 Å². The van der Waals surface area contributed by atoms with E-state index in [9.17, 15) is 4.79 Å². The highest BCUT2D eigenvalue weighted by Gasteiger charge is 2.34. The number of benzene rings is 1. The molecule has 1 saturated heterocycles. The number of carbonyl (C=O) groups excluding carboxylic acids is 1. The quantitative estimate of drug-likeness (QED) is 0.806. The summed E-state index contributed by atoms with van der Waals surface area (Å²) in [6, 6.07) is 6.13. The molecule has 4 rings (SSSR count). The van der Waals surface area contributed by atoms with Crippen molar-refractivity contribution < 1.29 is 14.3 Å². The Morgan fingerprint density at radius 1 is 1.21 bits per heavy atom. The predicted molar refractivity (Wildman–Crippen MR) is 106 cm³/mol. The van der Waals surface area contributed by atoms with Crippen molar-refractivity contribution in [2.45, 2.75) is 46.0 Å². The van der Waals surface area contributed by atoms with Crippen LogP contribution in [0.3, 0.4) is 0 Å². The summed E-state index contributed by atoms with van der Waals surface area (Å²) in [5.74, 6) is 2.66. The number of rotatable bonds is 4. The fraction of sp³-hybridized carbons (Fsp3) is 0.500. The first-order chi connectivity index (χ1) is 13.4. The molecule has 1 aromatic heterocycles. The number of likely N-dealkylation sites (tertiary alicyclic amines) is 1. The van der Waals surface area contributed by atoms with Gasteiger partial charge in [0.05, 0.1) is 5.56 Å². The van der Waals surface area contributed by atoms with Crippen LogP contribution in [0.1, 0.15) is 61.3 Å². The van der Waals surface area contributed by atoms with Crippen LogP contribution in [0.2, 0.25) is 0 Å². The molecule has 2 aliphatic heterocycles. The lowest BCUT2D eigenvalue weighted by atomic mass is 9.76. The van der Waals surface area contributed by atoms with Gasteiger partial charge < -0.3 is 14.4 Å². The van der Waals surface area contributed by atoms with Gasteiger partial charge in [-0.3, -0.25) is 4.79 Å². The molecule has 6 heteroatoms. The van der Waals surface area contributed by atoms with Crippen molar-refractivity contribution in [1.29, 1.82) is 0 Å². The maximum Gasteiger partial charge on any atom is 0.257 e. The number of piperidine rings is 1. The van der Waals surface area contributed by atoms with E-state index < -0.39 is 0 Å². The van der Waals surface area contributed by atoms with Crippen molar-refractivity contribution in [3.63, 3.8) is 0 Å². The Morgan fingerprint density at radius 3 is 2.71 bits per heavy atom. The Labute approximate surface area is 165 Å². The molecule has 3 heterocycles. The third-order valence-corrected chi connectivity index (χ3v) is 5.57. The van der Waals surface area contributed by atoms with Crippen LogP contribution in [0.5, 0.6) is 11.5 Å². The number of nitrogens with zero attached hydrogens (tertiary/aromatic N) is 3. The van der Waals surface area contributed by atoms with Crippen molar-refractivity contribution >= 4 is 5.91 Å². The molecule has 1 aromatic carbocycles. The molecule has 1 atom stereocenters.